The maximum Gasteiger partial charge on any atom is 0.191 e. The van der Waals surface area contributed by atoms with Gasteiger partial charge in [0.05, 0.1) is 0 Å². The Hall–Kier alpha value is -3.16. The number of hydrogen-bond acceptors (Lipinski definition) is 4. The first-order valence-corrected chi connectivity index (χ1v) is 8.55. The molecule has 1 fully saturated rings. The lowest BCUT2D eigenvalue weighted by atomic mass is 10.2. The van der Waals surface area contributed by atoms with Crippen molar-refractivity contribution >= 4 is 17.3 Å². The van der Waals surface area contributed by atoms with E-state index in [4.69, 9.17) is 5.73 Å². The average Bonchev–Trinajstić information content (AvgIpc) is 3.10. The molecule has 134 valence electrons. The van der Waals surface area contributed by atoms with Gasteiger partial charge in [-0.15, -0.1) is 10.2 Å². The third-order valence-corrected chi connectivity index (χ3v) is 4.56. The van der Waals surface area contributed by atoms with Crippen LogP contribution in [-0.4, -0.2) is 51.6 Å². The van der Waals surface area contributed by atoms with Crippen molar-refractivity contribution in [2.45, 2.75) is 6.54 Å². The van der Waals surface area contributed by atoms with Crippen molar-refractivity contribution in [3.05, 3.63) is 60.3 Å². The summed E-state index contributed by atoms with van der Waals surface area (Å²) in [4.78, 5) is 8.76. The van der Waals surface area contributed by atoms with E-state index in [9.17, 15) is 4.39 Å². The summed E-state index contributed by atoms with van der Waals surface area (Å²) >= 11 is 0. The van der Waals surface area contributed by atoms with Crippen LogP contribution in [0.3, 0.4) is 0 Å². The highest BCUT2D eigenvalue weighted by Crippen LogP contribution is 2.16. The first-order chi connectivity index (χ1) is 12.7. The fourth-order valence-electron chi connectivity index (χ4n) is 3.10. The van der Waals surface area contributed by atoms with Gasteiger partial charge >= 0.3 is 0 Å². The number of fused-ring (bicyclic) bond motifs is 1. The summed E-state index contributed by atoms with van der Waals surface area (Å²) in [7, 11) is 0. The highest BCUT2D eigenvalue weighted by atomic mass is 19.1. The Kier molecular flexibility index (Phi) is 4.39. The van der Waals surface area contributed by atoms with Crippen LogP contribution in [-0.2, 0) is 6.54 Å². The number of aliphatic imine (C=N–C) groups is 1. The minimum atomic E-state index is -0.218. The van der Waals surface area contributed by atoms with Crippen molar-refractivity contribution in [3.8, 4) is 0 Å². The van der Waals surface area contributed by atoms with Crippen LogP contribution in [0.25, 0.3) is 5.65 Å². The molecule has 8 heteroatoms. The molecule has 2 N–H and O–H groups in total. The van der Waals surface area contributed by atoms with Gasteiger partial charge in [-0.3, -0.25) is 4.40 Å². The smallest absolute Gasteiger partial charge is 0.191 e. The molecule has 3 aromatic rings. The average molecular weight is 353 g/mol. The highest BCUT2D eigenvalue weighted by Gasteiger charge is 2.18. The molecule has 0 spiro atoms. The molecule has 0 radical (unpaired) electrons. The Balaban J connectivity index is 1.37. The van der Waals surface area contributed by atoms with Crippen LogP contribution in [0.15, 0.2) is 53.7 Å². The molecule has 4 rings (SSSR count). The Morgan fingerprint density at radius 1 is 1.04 bits per heavy atom. The van der Waals surface area contributed by atoms with Crippen molar-refractivity contribution in [1.29, 1.82) is 0 Å². The van der Waals surface area contributed by atoms with Gasteiger partial charge in [0.1, 0.15) is 12.4 Å². The van der Waals surface area contributed by atoms with Crippen LogP contribution in [0.2, 0.25) is 0 Å². The second kappa shape index (κ2) is 6.99. The van der Waals surface area contributed by atoms with Gasteiger partial charge in [0, 0.05) is 38.1 Å². The molecule has 0 bridgehead atoms. The summed E-state index contributed by atoms with van der Waals surface area (Å²) in [6.07, 6.45) is 1.91. The van der Waals surface area contributed by atoms with Crippen LogP contribution in [0.4, 0.5) is 10.1 Å². The molecule has 0 saturated carbocycles. The molecule has 0 unspecified atom stereocenters. The zero-order chi connectivity index (χ0) is 17.9. The molecule has 26 heavy (non-hydrogen) atoms. The SMILES string of the molecule is NC(=NCc1nnc2ccccn12)N1CCN(c2ccc(F)cc2)CC1. The van der Waals surface area contributed by atoms with Crippen molar-refractivity contribution in [3.63, 3.8) is 0 Å². The Bertz CT molecular complexity index is 911. The van der Waals surface area contributed by atoms with Crippen LogP contribution < -0.4 is 10.6 Å². The van der Waals surface area contributed by atoms with Crippen molar-refractivity contribution < 1.29 is 4.39 Å². The predicted octanol–water partition coefficient (Wildman–Crippen LogP) is 1.51. The van der Waals surface area contributed by atoms with E-state index >= 15 is 0 Å². The molecule has 2 aromatic heterocycles. The number of nitrogens with two attached hydrogens (primary N) is 1. The molecular formula is C18H20FN7. The largest absolute Gasteiger partial charge is 0.370 e. The van der Waals surface area contributed by atoms with E-state index in [0.29, 0.717) is 12.5 Å². The van der Waals surface area contributed by atoms with Crippen molar-refractivity contribution in [2.75, 3.05) is 31.1 Å². The molecule has 7 nitrogen and oxygen atoms in total. The van der Waals surface area contributed by atoms with E-state index in [1.165, 1.54) is 12.1 Å². The number of nitrogens with zero attached hydrogens (tertiary/aromatic N) is 6. The number of anilines is 1. The minimum Gasteiger partial charge on any atom is -0.370 e. The van der Waals surface area contributed by atoms with Gasteiger partial charge in [0.15, 0.2) is 17.4 Å². The van der Waals surface area contributed by atoms with E-state index in [1.54, 1.807) is 12.1 Å². The summed E-state index contributed by atoms with van der Waals surface area (Å²) < 4.78 is 15.0. The third-order valence-electron chi connectivity index (χ3n) is 4.56. The second-order valence-corrected chi connectivity index (χ2v) is 6.17. The van der Waals surface area contributed by atoms with Crippen LogP contribution in [0.1, 0.15) is 5.82 Å². The number of halogens is 1. The van der Waals surface area contributed by atoms with E-state index < -0.39 is 0 Å². The monoisotopic (exact) mass is 353 g/mol. The zero-order valence-corrected chi connectivity index (χ0v) is 14.3. The molecule has 0 amide bonds. The minimum absolute atomic E-state index is 0.218. The standard InChI is InChI=1S/C18H20FN7/c19-14-4-6-15(7-5-14)24-9-11-25(12-10-24)18(20)21-13-17-23-22-16-3-1-2-8-26(16)17/h1-8H,9-13H2,(H2,20,21). The molecule has 0 atom stereocenters. The molecule has 1 aromatic carbocycles. The van der Waals surface area contributed by atoms with Gasteiger partial charge in [-0.2, -0.15) is 0 Å². The van der Waals surface area contributed by atoms with E-state index in [-0.39, 0.29) is 5.82 Å². The number of benzene rings is 1. The highest BCUT2D eigenvalue weighted by molar-refractivity contribution is 5.78. The van der Waals surface area contributed by atoms with Gasteiger partial charge in [-0.25, -0.2) is 9.38 Å². The summed E-state index contributed by atoms with van der Waals surface area (Å²) in [6, 6.07) is 12.3. The topological polar surface area (TPSA) is 75.0 Å². The van der Waals surface area contributed by atoms with Crippen molar-refractivity contribution in [2.24, 2.45) is 10.7 Å². The quantitative estimate of drug-likeness (QED) is 0.571. The van der Waals surface area contributed by atoms with Gasteiger partial charge in [0.2, 0.25) is 0 Å². The summed E-state index contributed by atoms with van der Waals surface area (Å²) in [5.74, 6) is 1.05. The maximum atomic E-state index is 13.1. The fourth-order valence-corrected chi connectivity index (χ4v) is 3.10. The number of piperazine rings is 1. The summed E-state index contributed by atoms with van der Waals surface area (Å²) in [5.41, 5.74) is 7.98. The van der Waals surface area contributed by atoms with E-state index in [0.717, 1.165) is 43.3 Å². The summed E-state index contributed by atoms with van der Waals surface area (Å²) in [6.45, 7) is 3.56. The lowest BCUT2D eigenvalue weighted by Crippen LogP contribution is -2.51. The van der Waals surface area contributed by atoms with Crippen LogP contribution >= 0.6 is 0 Å². The first kappa shape index (κ1) is 16.3. The summed E-state index contributed by atoms with van der Waals surface area (Å²) in [5, 5.41) is 8.28. The number of aromatic nitrogens is 3. The van der Waals surface area contributed by atoms with Gasteiger partial charge in [-0.05, 0) is 36.4 Å². The molecule has 1 aliphatic heterocycles. The van der Waals surface area contributed by atoms with Gasteiger partial charge in [0.25, 0.3) is 0 Å². The number of rotatable bonds is 3. The fraction of sp³-hybridized carbons (Fsp3) is 0.278. The number of guanidine groups is 1. The molecular weight excluding hydrogens is 333 g/mol. The lowest BCUT2D eigenvalue weighted by Gasteiger charge is -2.36. The predicted molar refractivity (Wildman–Crippen MR) is 98.5 cm³/mol. The number of hydrogen-bond donors (Lipinski definition) is 1. The Morgan fingerprint density at radius 3 is 2.58 bits per heavy atom. The van der Waals surface area contributed by atoms with Crippen LogP contribution in [0.5, 0.6) is 0 Å². The Labute approximate surface area is 150 Å². The molecule has 0 aliphatic carbocycles. The lowest BCUT2D eigenvalue weighted by molar-refractivity contribution is 0.380. The van der Waals surface area contributed by atoms with Gasteiger partial charge < -0.3 is 15.5 Å². The van der Waals surface area contributed by atoms with E-state index in [1.807, 2.05) is 28.8 Å². The van der Waals surface area contributed by atoms with Crippen LogP contribution in [0, 0.1) is 5.82 Å². The maximum absolute atomic E-state index is 13.1. The molecule has 3 heterocycles. The van der Waals surface area contributed by atoms with Crippen molar-refractivity contribution in [1.82, 2.24) is 19.5 Å². The van der Waals surface area contributed by atoms with Gasteiger partial charge in [-0.1, -0.05) is 6.07 Å². The third kappa shape index (κ3) is 3.30. The normalized spacial score (nSPS) is 15.7. The van der Waals surface area contributed by atoms with E-state index in [2.05, 4.69) is 25.0 Å². The second-order valence-electron chi connectivity index (χ2n) is 6.17. The molecule has 1 aliphatic rings. The number of pyridine rings is 1. The first-order valence-electron chi connectivity index (χ1n) is 8.55. The molecule has 1 saturated heterocycles. The Morgan fingerprint density at radius 2 is 1.81 bits per heavy atom. The zero-order valence-electron chi connectivity index (χ0n) is 14.3.